The minimum absolute atomic E-state index is 0.225. The molecule has 0 aliphatic carbocycles. The number of fused-ring (bicyclic) bond motifs is 1. The Hall–Kier alpha value is -1.76. The van der Waals surface area contributed by atoms with Crippen LogP contribution in [0.4, 0.5) is 0 Å². The van der Waals surface area contributed by atoms with Gasteiger partial charge in [-0.05, 0) is 35.8 Å². The molecule has 0 amide bonds. The molecule has 0 saturated heterocycles. The second-order valence-corrected chi connectivity index (χ2v) is 12.9. The number of rotatable bonds is 6. The highest BCUT2D eigenvalue weighted by Gasteiger charge is 2.14. The first kappa shape index (κ1) is 17.1. The first-order valence-electron chi connectivity index (χ1n) is 7.94. The van der Waals surface area contributed by atoms with Crippen LogP contribution in [0, 0.1) is 0 Å². The highest BCUT2D eigenvalue weighted by Crippen LogP contribution is 2.27. The van der Waals surface area contributed by atoms with Crippen molar-refractivity contribution < 1.29 is 4.74 Å². The van der Waals surface area contributed by atoms with E-state index in [2.05, 4.69) is 34.6 Å². The fraction of sp³-hybridized carbons (Fsp3) is 0.353. The summed E-state index contributed by atoms with van der Waals surface area (Å²) in [7, 11) is -1.08. The van der Waals surface area contributed by atoms with Gasteiger partial charge in [-0.2, -0.15) is 4.98 Å². The zero-order valence-electron chi connectivity index (χ0n) is 14.2. The van der Waals surface area contributed by atoms with Gasteiger partial charge in [0.15, 0.2) is 0 Å². The Labute approximate surface area is 147 Å². The fourth-order valence-electron chi connectivity index (χ4n) is 2.41. The van der Waals surface area contributed by atoms with Gasteiger partial charge in [-0.1, -0.05) is 19.6 Å². The van der Waals surface area contributed by atoms with Gasteiger partial charge in [-0.15, -0.1) is 0 Å². The van der Waals surface area contributed by atoms with Gasteiger partial charge in [0.25, 0.3) is 0 Å². The van der Waals surface area contributed by atoms with E-state index in [9.17, 15) is 0 Å². The second-order valence-electron chi connectivity index (χ2n) is 6.95. The van der Waals surface area contributed by atoms with Crippen LogP contribution in [-0.2, 0) is 11.5 Å². The Morgan fingerprint density at radius 1 is 1.21 bits per heavy atom. The number of ether oxygens (including phenoxy) is 1. The summed E-state index contributed by atoms with van der Waals surface area (Å²) in [6, 6.07) is 6.99. The molecule has 0 unspecified atom stereocenters. The summed E-state index contributed by atoms with van der Waals surface area (Å²) in [6.07, 6.45) is 5.48. The van der Waals surface area contributed by atoms with Crippen LogP contribution in [0.1, 0.15) is 0 Å². The van der Waals surface area contributed by atoms with Gasteiger partial charge < -0.3 is 9.30 Å². The minimum Gasteiger partial charge on any atom is -0.361 e. The monoisotopic (exact) mass is 360 g/mol. The van der Waals surface area contributed by atoms with E-state index in [-0.39, 0.29) is 5.28 Å². The number of nitrogens with zero attached hydrogens (tertiary/aromatic N) is 4. The van der Waals surface area contributed by atoms with Crippen LogP contribution < -0.4 is 0 Å². The first-order valence-corrected chi connectivity index (χ1v) is 12.0. The summed E-state index contributed by atoms with van der Waals surface area (Å²) < 4.78 is 7.79. The fourth-order valence-corrected chi connectivity index (χ4v) is 3.33. The van der Waals surface area contributed by atoms with Crippen LogP contribution in [0.15, 0.2) is 36.8 Å². The van der Waals surface area contributed by atoms with E-state index in [4.69, 9.17) is 16.3 Å². The topological polar surface area (TPSA) is 52.8 Å². The average Bonchev–Trinajstić information content (AvgIpc) is 2.93. The van der Waals surface area contributed by atoms with Crippen LogP contribution in [0.3, 0.4) is 0 Å². The van der Waals surface area contributed by atoms with Crippen molar-refractivity contribution in [1.29, 1.82) is 0 Å². The predicted octanol–water partition coefficient (Wildman–Crippen LogP) is 4.46. The molecule has 0 N–H and O–H groups in total. The van der Waals surface area contributed by atoms with Crippen LogP contribution in [0.2, 0.25) is 31.0 Å². The molecule has 3 heterocycles. The Morgan fingerprint density at radius 2 is 2.04 bits per heavy atom. The maximum Gasteiger partial charge on any atom is 0.224 e. The summed E-state index contributed by atoms with van der Waals surface area (Å²) in [6.45, 7) is 8.26. The standard InChI is InChI=1S/C17H21ClN4OSi/c1-24(2,3)10-9-23-12-22-8-6-14-15(13-5-4-7-19-11-13)20-17(18)21-16(14)22/h4-8,11H,9-10,12H2,1-3H3. The van der Waals surface area contributed by atoms with Gasteiger partial charge in [0.05, 0.1) is 5.69 Å². The summed E-state index contributed by atoms with van der Waals surface area (Å²) in [4.78, 5) is 12.9. The van der Waals surface area contributed by atoms with Crippen molar-refractivity contribution in [3.8, 4) is 11.3 Å². The number of pyridine rings is 1. The van der Waals surface area contributed by atoms with E-state index >= 15 is 0 Å². The maximum atomic E-state index is 6.13. The Balaban J connectivity index is 1.86. The van der Waals surface area contributed by atoms with Crippen LogP contribution in [0.25, 0.3) is 22.3 Å². The van der Waals surface area contributed by atoms with Gasteiger partial charge in [-0.3, -0.25) is 4.98 Å². The van der Waals surface area contributed by atoms with E-state index in [1.165, 1.54) is 0 Å². The van der Waals surface area contributed by atoms with E-state index < -0.39 is 8.07 Å². The molecule has 0 atom stereocenters. The molecule has 0 spiro atoms. The molecule has 0 bridgehead atoms. The van der Waals surface area contributed by atoms with Crippen LogP contribution >= 0.6 is 11.6 Å². The molecule has 126 valence electrons. The van der Waals surface area contributed by atoms with Crippen molar-refractivity contribution in [3.63, 3.8) is 0 Å². The van der Waals surface area contributed by atoms with E-state index in [1.807, 2.05) is 29.0 Å². The van der Waals surface area contributed by atoms with Crippen LogP contribution in [0.5, 0.6) is 0 Å². The molecule has 3 rings (SSSR count). The number of hydrogen-bond donors (Lipinski definition) is 0. The molecule has 7 heteroatoms. The molecule has 0 aliphatic rings. The quantitative estimate of drug-likeness (QED) is 0.370. The Kier molecular flexibility index (Phi) is 4.98. The van der Waals surface area contributed by atoms with Crippen molar-refractivity contribution in [2.24, 2.45) is 0 Å². The molecule has 0 radical (unpaired) electrons. The molecular weight excluding hydrogens is 340 g/mol. The highest BCUT2D eigenvalue weighted by molar-refractivity contribution is 6.76. The molecule has 0 aromatic carbocycles. The third kappa shape index (κ3) is 4.01. The normalized spacial score (nSPS) is 12.0. The summed E-state index contributed by atoms with van der Waals surface area (Å²) in [5.41, 5.74) is 2.49. The molecule has 24 heavy (non-hydrogen) atoms. The van der Waals surface area contributed by atoms with E-state index in [0.29, 0.717) is 6.73 Å². The van der Waals surface area contributed by atoms with Crippen molar-refractivity contribution >= 4 is 30.7 Å². The second kappa shape index (κ2) is 7.00. The number of hydrogen-bond acceptors (Lipinski definition) is 4. The lowest BCUT2D eigenvalue weighted by atomic mass is 10.1. The average molecular weight is 361 g/mol. The highest BCUT2D eigenvalue weighted by atomic mass is 35.5. The smallest absolute Gasteiger partial charge is 0.224 e. The van der Waals surface area contributed by atoms with Crippen LogP contribution in [-0.4, -0.2) is 34.2 Å². The zero-order valence-corrected chi connectivity index (χ0v) is 15.9. The van der Waals surface area contributed by atoms with Gasteiger partial charge in [0.1, 0.15) is 12.4 Å². The molecule has 5 nitrogen and oxygen atoms in total. The van der Waals surface area contributed by atoms with Crippen molar-refractivity contribution in [2.75, 3.05) is 6.61 Å². The first-order chi connectivity index (χ1) is 11.4. The predicted molar refractivity (Wildman–Crippen MR) is 99.9 cm³/mol. The van der Waals surface area contributed by atoms with E-state index in [1.54, 1.807) is 12.4 Å². The van der Waals surface area contributed by atoms with Gasteiger partial charge in [0.2, 0.25) is 5.28 Å². The van der Waals surface area contributed by atoms with Gasteiger partial charge in [-0.25, -0.2) is 4.98 Å². The number of aromatic nitrogens is 4. The Bertz CT molecular complexity index is 830. The lowest BCUT2D eigenvalue weighted by Crippen LogP contribution is -2.22. The molecule has 0 saturated carbocycles. The third-order valence-electron chi connectivity index (χ3n) is 3.75. The van der Waals surface area contributed by atoms with Gasteiger partial charge >= 0.3 is 0 Å². The molecule has 0 aliphatic heterocycles. The molecule has 0 fully saturated rings. The summed E-state index contributed by atoms with van der Waals surface area (Å²) in [5, 5.41) is 1.17. The molecule has 3 aromatic rings. The van der Waals surface area contributed by atoms with E-state index in [0.717, 1.165) is 34.9 Å². The SMILES string of the molecule is C[Si](C)(C)CCOCn1ccc2c(-c3cccnc3)nc(Cl)nc21. The third-order valence-corrected chi connectivity index (χ3v) is 5.63. The zero-order chi connectivity index (χ0) is 17.2. The summed E-state index contributed by atoms with van der Waals surface area (Å²) in [5.74, 6) is 0. The Morgan fingerprint density at radius 3 is 2.75 bits per heavy atom. The lowest BCUT2D eigenvalue weighted by Gasteiger charge is -2.15. The molecule has 3 aromatic heterocycles. The number of halogens is 1. The van der Waals surface area contributed by atoms with Gasteiger partial charge in [0, 0.05) is 44.2 Å². The van der Waals surface area contributed by atoms with Crippen molar-refractivity contribution in [1.82, 2.24) is 19.5 Å². The van der Waals surface area contributed by atoms with Crippen molar-refractivity contribution in [2.45, 2.75) is 32.4 Å². The van der Waals surface area contributed by atoms with Crippen molar-refractivity contribution in [3.05, 3.63) is 42.1 Å². The lowest BCUT2D eigenvalue weighted by molar-refractivity contribution is 0.0899. The largest absolute Gasteiger partial charge is 0.361 e. The maximum absolute atomic E-state index is 6.13. The summed E-state index contributed by atoms with van der Waals surface area (Å²) >= 11 is 6.13. The minimum atomic E-state index is -1.08. The molecular formula is C17H21ClN4OSi.